The molecule has 2 aliphatic rings. The van der Waals surface area contributed by atoms with Gasteiger partial charge in [-0.15, -0.1) is 0 Å². The Hall–Kier alpha value is -3.02. The van der Waals surface area contributed by atoms with Crippen LogP contribution in [0.4, 0.5) is 0 Å². The van der Waals surface area contributed by atoms with Crippen LogP contribution in [0.2, 0.25) is 0 Å². The van der Waals surface area contributed by atoms with Gasteiger partial charge in [-0.05, 0) is 16.8 Å². The van der Waals surface area contributed by atoms with Crippen LogP contribution in [0.3, 0.4) is 0 Å². The van der Waals surface area contributed by atoms with Gasteiger partial charge in [-0.1, -0.05) is 30.3 Å². The molecule has 6 heteroatoms. The van der Waals surface area contributed by atoms with E-state index in [1.165, 1.54) is 11.6 Å². The second kappa shape index (κ2) is 5.24. The number of ether oxygens (including phenoxy) is 2. The molecule has 1 aromatic heterocycles. The first-order valence-electron chi connectivity index (χ1n) is 8.65. The molecule has 0 fully saturated rings. The van der Waals surface area contributed by atoms with Crippen LogP contribution < -0.4 is 20.7 Å². The molecular formula is C20H18N2O4. The molecule has 26 heavy (non-hydrogen) atoms. The Morgan fingerprint density at radius 3 is 2.54 bits per heavy atom. The van der Waals surface area contributed by atoms with Crippen LogP contribution in [0.1, 0.15) is 17.0 Å². The molecule has 0 radical (unpaired) electrons. The average molecular weight is 350 g/mol. The Morgan fingerprint density at radius 2 is 1.69 bits per heavy atom. The number of fused-ring (bicyclic) bond motifs is 7. The maximum absolute atomic E-state index is 13.0. The van der Waals surface area contributed by atoms with Crippen molar-refractivity contribution >= 4 is 10.8 Å². The van der Waals surface area contributed by atoms with Crippen LogP contribution in [0.5, 0.6) is 11.6 Å². The third-order valence-electron chi connectivity index (χ3n) is 5.56. The molecule has 0 aliphatic carbocycles. The van der Waals surface area contributed by atoms with E-state index in [4.69, 9.17) is 9.47 Å². The molecule has 0 saturated carbocycles. The van der Waals surface area contributed by atoms with Gasteiger partial charge in [0.1, 0.15) is 5.75 Å². The van der Waals surface area contributed by atoms with Crippen molar-refractivity contribution in [1.29, 1.82) is 0 Å². The number of nitrogens with zero attached hydrogens (tertiary/aromatic N) is 2. The number of benzene rings is 2. The maximum Gasteiger partial charge on any atom is 0.333 e. The summed E-state index contributed by atoms with van der Waals surface area (Å²) in [7, 11) is 3.15. The first-order chi connectivity index (χ1) is 12.6. The third-order valence-corrected chi connectivity index (χ3v) is 5.56. The second-order valence-corrected chi connectivity index (χ2v) is 6.98. The lowest BCUT2D eigenvalue weighted by Gasteiger charge is -2.38. The molecule has 5 rings (SSSR count). The molecule has 0 amide bonds. The van der Waals surface area contributed by atoms with Gasteiger partial charge >= 0.3 is 5.69 Å². The quantitative estimate of drug-likeness (QED) is 0.620. The Kier molecular flexibility index (Phi) is 3.07. The summed E-state index contributed by atoms with van der Waals surface area (Å²) < 4.78 is 14.4. The normalized spacial score (nSPS) is 20.5. The zero-order chi connectivity index (χ0) is 18.0. The SMILES string of the molecule is Cn1c2c(c(=O)n(C)c1=O)[C@@H]1c3c(ccc4ccccc34)OC[C@H]1CO2. The molecule has 0 N–H and O–H groups in total. The van der Waals surface area contributed by atoms with E-state index in [1.807, 2.05) is 24.3 Å². The molecule has 3 aromatic rings. The van der Waals surface area contributed by atoms with Crippen LogP contribution in [-0.4, -0.2) is 22.3 Å². The van der Waals surface area contributed by atoms with Crippen LogP contribution in [0.25, 0.3) is 10.8 Å². The van der Waals surface area contributed by atoms with E-state index in [0.29, 0.717) is 24.7 Å². The van der Waals surface area contributed by atoms with Crippen molar-refractivity contribution in [1.82, 2.24) is 9.13 Å². The van der Waals surface area contributed by atoms with Crippen molar-refractivity contribution in [3.63, 3.8) is 0 Å². The largest absolute Gasteiger partial charge is 0.493 e. The summed E-state index contributed by atoms with van der Waals surface area (Å²) in [6, 6.07) is 12.1. The number of rotatable bonds is 0. The minimum Gasteiger partial charge on any atom is -0.493 e. The first kappa shape index (κ1) is 15.3. The average Bonchev–Trinajstić information content (AvgIpc) is 2.69. The van der Waals surface area contributed by atoms with Crippen LogP contribution in [-0.2, 0) is 14.1 Å². The summed E-state index contributed by atoms with van der Waals surface area (Å²) in [4.78, 5) is 25.3. The molecule has 2 atom stereocenters. The van der Waals surface area contributed by atoms with Crippen LogP contribution in [0, 0.1) is 5.92 Å². The summed E-state index contributed by atoms with van der Waals surface area (Å²) in [5.74, 6) is 1.05. The Bertz CT molecular complexity index is 1170. The van der Waals surface area contributed by atoms with Gasteiger partial charge in [-0.2, -0.15) is 0 Å². The van der Waals surface area contributed by atoms with Crippen molar-refractivity contribution in [3.8, 4) is 11.6 Å². The monoisotopic (exact) mass is 350 g/mol. The van der Waals surface area contributed by atoms with Crippen molar-refractivity contribution in [2.45, 2.75) is 5.92 Å². The summed E-state index contributed by atoms with van der Waals surface area (Å²) in [5.41, 5.74) is 0.891. The fraction of sp³-hybridized carbons (Fsp3) is 0.300. The minimum atomic E-state index is -0.377. The smallest absolute Gasteiger partial charge is 0.333 e. The van der Waals surface area contributed by atoms with Crippen molar-refractivity contribution in [2.75, 3.05) is 13.2 Å². The van der Waals surface area contributed by atoms with Crippen molar-refractivity contribution < 1.29 is 9.47 Å². The number of hydrogen-bond donors (Lipinski definition) is 0. The molecule has 0 unspecified atom stereocenters. The highest BCUT2D eigenvalue weighted by Gasteiger charge is 2.42. The first-order valence-corrected chi connectivity index (χ1v) is 8.65. The van der Waals surface area contributed by atoms with E-state index in [9.17, 15) is 9.59 Å². The van der Waals surface area contributed by atoms with Gasteiger partial charge in [0.2, 0.25) is 5.88 Å². The lowest BCUT2D eigenvalue weighted by atomic mass is 9.77. The van der Waals surface area contributed by atoms with Gasteiger partial charge in [0.25, 0.3) is 5.56 Å². The molecule has 0 bridgehead atoms. The molecule has 0 spiro atoms. The summed E-state index contributed by atoms with van der Waals surface area (Å²) in [6.45, 7) is 0.905. The molecule has 3 heterocycles. The molecule has 2 aliphatic heterocycles. The van der Waals surface area contributed by atoms with Gasteiger partial charge in [-0.25, -0.2) is 4.79 Å². The van der Waals surface area contributed by atoms with Gasteiger partial charge in [0.15, 0.2) is 0 Å². The molecule has 0 saturated heterocycles. The van der Waals surface area contributed by atoms with Crippen LogP contribution >= 0.6 is 0 Å². The van der Waals surface area contributed by atoms with E-state index < -0.39 is 0 Å². The fourth-order valence-corrected chi connectivity index (χ4v) is 4.25. The van der Waals surface area contributed by atoms with E-state index in [-0.39, 0.29) is 23.1 Å². The van der Waals surface area contributed by atoms with E-state index in [2.05, 4.69) is 12.1 Å². The number of aromatic nitrogens is 2. The highest BCUT2D eigenvalue weighted by molar-refractivity contribution is 5.89. The maximum atomic E-state index is 13.0. The van der Waals surface area contributed by atoms with Gasteiger partial charge in [-0.3, -0.25) is 13.9 Å². The topological polar surface area (TPSA) is 62.5 Å². The molecular weight excluding hydrogens is 332 g/mol. The second-order valence-electron chi connectivity index (χ2n) is 6.98. The molecule has 2 aromatic carbocycles. The predicted octanol–water partition coefficient (Wildman–Crippen LogP) is 1.77. The van der Waals surface area contributed by atoms with Gasteiger partial charge in [0.05, 0.1) is 18.8 Å². The van der Waals surface area contributed by atoms with Crippen LogP contribution in [0.15, 0.2) is 46.0 Å². The summed E-state index contributed by atoms with van der Waals surface area (Å²) in [6.07, 6.45) is 0. The standard InChI is InChI=1S/C20H18N2O4/c1-21-18(23)17-15-12(10-26-19(17)22(2)20(21)24)9-25-14-8-7-11-5-3-4-6-13(11)16(14)15/h3-8,12,15H,9-10H2,1-2H3/t12-,15-/m0/s1. The van der Waals surface area contributed by atoms with E-state index >= 15 is 0 Å². The van der Waals surface area contributed by atoms with Gasteiger partial charge < -0.3 is 9.47 Å². The lowest BCUT2D eigenvalue weighted by molar-refractivity contribution is 0.117. The zero-order valence-electron chi connectivity index (χ0n) is 14.6. The Balaban J connectivity index is 1.90. The fourth-order valence-electron chi connectivity index (χ4n) is 4.25. The molecule has 132 valence electrons. The van der Waals surface area contributed by atoms with E-state index in [0.717, 1.165) is 26.7 Å². The lowest BCUT2D eigenvalue weighted by Crippen LogP contribution is -2.46. The predicted molar refractivity (Wildman–Crippen MR) is 97.2 cm³/mol. The summed E-state index contributed by atoms with van der Waals surface area (Å²) >= 11 is 0. The highest BCUT2D eigenvalue weighted by Crippen LogP contribution is 2.48. The Morgan fingerprint density at radius 1 is 0.923 bits per heavy atom. The molecule has 6 nitrogen and oxygen atoms in total. The third kappa shape index (κ3) is 1.87. The highest BCUT2D eigenvalue weighted by atomic mass is 16.5. The van der Waals surface area contributed by atoms with Gasteiger partial charge in [0, 0.05) is 31.5 Å². The summed E-state index contributed by atoms with van der Waals surface area (Å²) in [5, 5.41) is 2.17. The number of hydrogen-bond acceptors (Lipinski definition) is 4. The van der Waals surface area contributed by atoms with Crippen molar-refractivity contribution in [3.05, 3.63) is 68.4 Å². The minimum absolute atomic E-state index is 0.0333. The Labute approximate surface area is 149 Å². The van der Waals surface area contributed by atoms with Crippen molar-refractivity contribution in [2.24, 2.45) is 20.0 Å². The van der Waals surface area contributed by atoms with E-state index in [1.54, 1.807) is 7.05 Å². The zero-order valence-corrected chi connectivity index (χ0v) is 14.6.